The Morgan fingerprint density at radius 2 is 1.69 bits per heavy atom. The molecule has 0 bridgehead atoms. The Morgan fingerprint density at radius 1 is 1.12 bits per heavy atom. The van der Waals surface area contributed by atoms with Crippen LogP contribution in [0.4, 0.5) is 5.82 Å². The number of aromatic nitrogens is 2. The first kappa shape index (κ1) is 24.1. The Labute approximate surface area is 194 Å². The molecule has 3 N–H and O–H groups in total. The zero-order chi connectivity index (χ0) is 24.9. The molecule has 2 aliphatic rings. The normalized spacial score (nSPS) is 32.8. The number of aliphatic hydroxyl groups is 1. The highest BCUT2D eigenvalue weighted by Crippen LogP contribution is 2.48. The summed E-state index contributed by atoms with van der Waals surface area (Å²) in [5.41, 5.74) is 5.27. The second-order valence-electron chi connectivity index (χ2n) is 10.0. The van der Waals surface area contributed by atoms with Crippen molar-refractivity contribution < 1.29 is 24.2 Å². The molecule has 32 heavy (non-hydrogen) atoms. The van der Waals surface area contributed by atoms with Gasteiger partial charge in [-0.3, -0.25) is 4.57 Å². The maximum atomic E-state index is 12.5. The Bertz CT molecular complexity index is 894. The lowest BCUT2D eigenvalue weighted by atomic mass is 10.1. The number of rotatable bonds is 5. The number of anilines is 1. The molecule has 3 rings (SSSR count). The maximum Gasteiger partial charge on any atom is 0.351 e. The molecular formula is C21H39N3O6Si2. The summed E-state index contributed by atoms with van der Waals surface area (Å²) in [5, 5.41) is 11.4. The predicted molar refractivity (Wildman–Crippen MR) is 127 cm³/mol. The smallest absolute Gasteiger partial charge is 0.351 e. The van der Waals surface area contributed by atoms with Crippen LogP contribution in [0, 0.1) is 0 Å². The monoisotopic (exact) mass is 486 g/mol. The summed E-state index contributed by atoms with van der Waals surface area (Å²) in [7, 11) is -5.85. The number of ether oxygens (including phenoxy) is 1. The van der Waals surface area contributed by atoms with Gasteiger partial charge < -0.3 is 28.5 Å². The van der Waals surface area contributed by atoms with Gasteiger partial charge in [-0.2, -0.15) is 4.98 Å². The van der Waals surface area contributed by atoms with Crippen molar-refractivity contribution in [2.24, 2.45) is 0 Å². The van der Waals surface area contributed by atoms with E-state index >= 15 is 0 Å². The molecule has 0 saturated carbocycles. The molecule has 11 heteroatoms. The first-order valence-corrected chi connectivity index (χ1v) is 15.4. The topological polar surface area (TPSA) is 118 Å². The number of nitrogen functional groups attached to an aromatic ring is 1. The van der Waals surface area contributed by atoms with Gasteiger partial charge in [0.05, 0.1) is 7.98 Å². The van der Waals surface area contributed by atoms with Crippen molar-refractivity contribution in [3.05, 3.63) is 22.7 Å². The molecule has 2 saturated heterocycles. The minimum atomic E-state index is -3.05. The summed E-state index contributed by atoms with van der Waals surface area (Å²) in [6, 6.07) is 1.43. The molecule has 4 atom stereocenters. The summed E-state index contributed by atoms with van der Waals surface area (Å²) >= 11 is 0. The van der Waals surface area contributed by atoms with Crippen LogP contribution in [-0.2, 0) is 17.7 Å². The van der Waals surface area contributed by atoms with Crippen LogP contribution in [0.25, 0.3) is 0 Å². The van der Waals surface area contributed by atoms with Gasteiger partial charge >= 0.3 is 22.8 Å². The number of nitrogens with two attached hydrogens (primary N) is 1. The molecule has 9 nitrogen and oxygen atoms in total. The van der Waals surface area contributed by atoms with E-state index in [1.807, 2.05) is 0 Å². The minimum absolute atomic E-state index is 0.0278. The zero-order valence-corrected chi connectivity index (χ0v) is 22.4. The Kier molecular flexibility index (Phi) is 6.97. The molecule has 2 fully saturated rings. The van der Waals surface area contributed by atoms with Crippen LogP contribution in [0.3, 0.4) is 0 Å². The zero-order valence-electron chi connectivity index (χ0n) is 21.4. The highest BCUT2D eigenvalue weighted by Gasteiger charge is 2.61. The maximum absolute atomic E-state index is 12.5. The Balaban J connectivity index is 2.13. The average molecular weight is 487 g/mol. The molecule has 0 aromatic carbocycles. The van der Waals surface area contributed by atoms with Gasteiger partial charge in [-0.1, -0.05) is 55.4 Å². The number of hydrogen-bond acceptors (Lipinski definition) is 8. The summed E-state index contributed by atoms with van der Waals surface area (Å²) in [6.45, 7) is 16.8. The van der Waals surface area contributed by atoms with Gasteiger partial charge in [-0.05, 0) is 28.2 Å². The predicted octanol–water partition coefficient (Wildman–Crippen LogP) is 3.04. The van der Waals surface area contributed by atoms with Crippen molar-refractivity contribution in [3.8, 4) is 0 Å². The van der Waals surface area contributed by atoms with Crippen molar-refractivity contribution in [1.82, 2.24) is 9.55 Å². The van der Waals surface area contributed by atoms with Crippen molar-refractivity contribution in [1.29, 1.82) is 0 Å². The summed E-state index contributed by atoms with van der Waals surface area (Å²) in [4.78, 5) is 16.2. The lowest BCUT2D eigenvalue weighted by molar-refractivity contribution is -0.0600. The van der Waals surface area contributed by atoms with Gasteiger partial charge in [0.2, 0.25) is 0 Å². The van der Waals surface area contributed by atoms with E-state index in [0.717, 1.165) is 4.57 Å². The van der Waals surface area contributed by atoms with Crippen LogP contribution in [0.2, 0.25) is 22.2 Å². The molecular weight excluding hydrogens is 446 g/mol. The lowest BCUT2D eigenvalue weighted by Gasteiger charge is -2.51. The van der Waals surface area contributed by atoms with E-state index in [9.17, 15) is 9.90 Å². The highest BCUT2D eigenvalue weighted by molar-refractivity contribution is 6.83. The standard InChI is InChI=1S/C21H39N3O6Si2/c1-12(2)31(13(3)4)27-11-16-19(29-32(30-31,14(5)6)15(7)8)18(25)20(28-16)24-10-9-17(22)23-21(24)26/h9-10,12-16,18-20,25H,11H2,1-8H3,(H2,22,23,26)/t16-,18-,19-,20-/m1/s1/i18D. The van der Waals surface area contributed by atoms with Gasteiger partial charge in [-0.25, -0.2) is 4.79 Å². The molecule has 0 amide bonds. The van der Waals surface area contributed by atoms with Crippen LogP contribution in [0.5, 0.6) is 0 Å². The van der Waals surface area contributed by atoms with Gasteiger partial charge in [0.1, 0.15) is 24.1 Å². The molecule has 0 spiro atoms. The fourth-order valence-electron chi connectivity index (χ4n) is 4.84. The van der Waals surface area contributed by atoms with Crippen LogP contribution in [-0.4, -0.2) is 56.7 Å². The average Bonchev–Trinajstić information content (AvgIpc) is 2.90. The minimum Gasteiger partial charge on any atom is -0.414 e. The lowest BCUT2D eigenvalue weighted by Crippen LogP contribution is -2.65. The van der Waals surface area contributed by atoms with E-state index < -0.39 is 47.3 Å². The second-order valence-corrected chi connectivity index (χ2v) is 18.9. The van der Waals surface area contributed by atoms with E-state index in [-0.39, 0.29) is 34.6 Å². The summed E-state index contributed by atoms with van der Waals surface area (Å²) < 4.78 is 36.5. The number of fused-ring (bicyclic) bond motifs is 1. The highest BCUT2D eigenvalue weighted by atomic mass is 28.5. The fraction of sp³-hybridized carbons (Fsp3) is 0.810. The SMILES string of the molecule is [2H][C@@]1(O)[C@@H]2O[Si](C(C)C)(C(C)C)O[Si](C(C)C)(C(C)C)OC[C@H]2O[C@H]1n1ccc(N)nc1=O. The molecule has 3 heterocycles. The van der Waals surface area contributed by atoms with E-state index in [0.29, 0.717) is 0 Å². The molecule has 2 aliphatic heterocycles. The van der Waals surface area contributed by atoms with Crippen LogP contribution in [0.15, 0.2) is 17.1 Å². The molecule has 1 aromatic heterocycles. The third kappa shape index (κ3) is 4.24. The van der Waals surface area contributed by atoms with Crippen molar-refractivity contribution in [3.63, 3.8) is 0 Å². The van der Waals surface area contributed by atoms with Crippen LogP contribution >= 0.6 is 0 Å². The third-order valence-corrected chi connectivity index (χ3v) is 16.8. The Hall–Kier alpha value is -1.09. The largest absolute Gasteiger partial charge is 0.414 e. The van der Waals surface area contributed by atoms with E-state index in [1.165, 1.54) is 12.3 Å². The second kappa shape index (κ2) is 9.28. The molecule has 0 aliphatic carbocycles. The van der Waals surface area contributed by atoms with Gasteiger partial charge in [0.25, 0.3) is 0 Å². The third-order valence-electron chi connectivity index (χ3n) is 6.61. The van der Waals surface area contributed by atoms with Crippen LogP contribution in [0.1, 0.15) is 63.0 Å². The van der Waals surface area contributed by atoms with Crippen molar-refractivity contribution in [2.45, 2.75) is 102 Å². The summed E-state index contributed by atoms with van der Waals surface area (Å²) in [5.74, 6) is 0.0532. The Morgan fingerprint density at radius 3 is 2.19 bits per heavy atom. The molecule has 182 valence electrons. The van der Waals surface area contributed by atoms with Gasteiger partial charge in [0, 0.05) is 6.20 Å². The fourth-order valence-corrected chi connectivity index (χ4v) is 16.0. The molecule has 0 radical (unpaired) electrons. The van der Waals surface area contributed by atoms with Crippen LogP contribution < -0.4 is 11.4 Å². The van der Waals surface area contributed by atoms with E-state index in [2.05, 4.69) is 60.4 Å². The number of nitrogens with zero attached hydrogens (tertiary/aromatic N) is 2. The first-order valence-electron chi connectivity index (χ1n) is 11.9. The number of hydrogen-bond donors (Lipinski definition) is 2. The molecule has 1 aromatic rings. The van der Waals surface area contributed by atoms with Gasteiger partial charge in [-0.15, -0.1) is 0 Å². The molecule has 0 unspecified atom stereocenters. The quantitative estimate of drug-likeness (QED) is 0.610. The first-order chi connectivity index (χ1) is 15.2. The van der Waals surface area contributed by atoms with E-state index in [1.54, 1.807) is 0 Å². The van der Waals surface area contributed by atoms with Crippen molar-refractivity contribution >= 4 is 22.9 Å². The van der Waals surface area contributed by atoms with E-state index in [4.69, 9.17) is 24.8 Å². The van der Waals surface area contributed by atoms with Crippen molar-refractivity contribution in [2.75, 3.05) is 12.3 Å². The summed E-state index contributed by atoms with van der Waals surface area (Å²) in [6.07, 6.45) is -4.02. The van der Waals surface area contributed by atoms with Gasteiger partial charge in [0.15, 0.2) is 6.23 Å².